The Morgan fingerprint density at radius 1 is 1.56 bits per heavy atom. The van der Waals surface area contributed by atoms with Crippen molar-refractivity contribution < 1.29 is 18.0 Å². The van der Waals surface area contributed by atoms with Crippen molar-refractivity contribution in [1.82, 2.24) is 10.6 Å². The molecule has 3 nitrogen and oxygen atoms in total. The maximum absolute atomic E-state index is 11.7. The van der Waals surface area contributed by atoms with Crippen LogP contribution in [0, 0.1) is 12.3 Å². The van der Waals surface area contributed by atoms with E-state index in [1.54, 1.807) is 6.92 Å². The van der Waals surface area contributed by atoms with Gasteiger partial charge in [0.15, 0.2) is 0 Å². The summed E-state index contributed by atoms with van der Waals surface area (Å²) in [5, 5.41) is 5.09. The third-order valence-corrected chi connectivity index (χ3v) is 2.31. The van der Waals surface area contributed by atoms with Crippen LogP contribution in [0.4, 0.5) is 13.2 Å². The van der Waals surface area contributed by atoms with Gasteiger partial charge in [-0.1, -0.05) is 5.92 Å². The molecule has 92 valence electrons. The Kier molecular flexibility index (Phi) is 7.01. The van der Waals surface area contributed by atoms with Crippen LogP contribution in [0.2, 0.25) is 0 Å². The predicted molar refractivity (Wildman–Crippen MR) is 57.8 cm³/mol. The van der Waals surface area contributed by atoms with Crippen LogP contribution >= 0.6 is 11.8 Å². The molecule has 0 aromatic rings. The molecule has 0 aliphatic rings. The van der Waals surface area contributed by atoms with Gasteiger partial charge < -0.3 is 10.6 Å². The molecule has 16 heavy (non-hydrogen) atoms. The van der Waals surface area contributed by atoms with Crippen LogP contribution in [-0.4, -0.2) is 36.3 Å². The van der Waals surface area contributed by atoms with E-state index in [0.29, 0.717) is 0 Å². The Labute approximate surface area is 96.5 Å². The average molecular weight is 254 g/mol. The molecule has 0 rings (SSSR count). The SMILES string of the molecule is C#CCNC(=O)C(C)NCCSC(F)(F)F. The molecule has 0 saturated carbocycles. The van der Waals surface area contributed by atoms with E-state index in [4.69, 9.17) is 6.42 Å². The number of terminal acetylenes is 1. The van der Waals surface area contributed by atoms with Crippen molar-refractivity contribution in [3.05, 3.63) is 0 Å². The number of carbonyl (C=O) groups excluding carboxylic acids is 1. The molecule has 0 bridgehead atoms. The normalized spacial score (nSPS) is 12.9. The standard InChI is InChI=1S/C9H13F3N2OS/c1-3-4-14-8(15)7(2)13-5-6-16-9(10,11)12/h1,7,13H,4-6H2,2H3,(H,14,15). The molecule has 0 saturated heterocycles. The highest BCUT2D eigenvalue weighted by Crippen LogP contribution is 2.29. The third kappa shape index (κ3) is 8.44. The van der Waals surface area contributed by atoms with Crippen molar-refractivity contribution >= 4 is 17.7 Å². The van der Waals surface area contributed by atoms with E-state index in [9.17, 15) is 18.0 Å². The molecular weight excluding hydrogens is 241 g/mol. The molecule has 2 N–H and O–H groups in total. The number of carbonyl (C=O) groups is 1. The van der Waals surface area contributed by atoms with Gasteiger partial charge in [0.2, 0.25) is 5.91 Å². The fourth-order valence-electron chi connectivity index (χ4n) is 0.826. The number of alkyl halides is 3. The van der Waals surface area contributed by atoms with Crippen LogP contribution in [0.5, 0.6) is 0 Å². The molecule has 0 aliphatic heterocycles. The first-order valence-electron chi connectivity index (χ1n) is 4.52. The maximum Gasteiger partial charge on any atom is 0.441 e. The molecular formula is C9H13F3N2OS. The minimum Gasteiger partial charge on any atom is -0.344 e. The Morgan fingerprint density at radius 3 is 2.69 bits per heavy atom. The quantitative estimate of drug-likeness (QED) is 0.548. The summed E-state index contributed by atoms with van der Waals surface area (Å²) in [6.07, 6.45) is 4.93. The zero-order valence-corrected chi connectivity index (χ0v) is 9.54. The number of amides is 1. The molecule has 1 amide bonds. The number of hydrogen-bond donors (Lipinski definition) is 2. The van der Waals surface area contributed by atoms with E-state index in [1.165, 1.54) is 0 Å². The second kappa shape index (κ2) is 7.41. The maximum atomic E-state index is 11.7. The van der Waals surface area contributed by atoms with Crippen LogP contribution in [0.25, 0.3) is 0 Å². The van der Waals surface area contributed by atoms with Crippen molar-refractivity contribution in [3.8, 4) is 12.3 Å². The largest absolute Gasteiger partial charge is 0.441 e. The fourth-order valence-corrected chi connectivity index (χ4v) is 1.28. The number of nitrogens with one attached hydrogen (secondary N) is 2. The highest BCUT2D eigenvalue weighted by atomic mass is 32.2. The molecule has 0 radical (unpaired) electrons. The first-order valence-corrected chi connectivity index (χ1v) is 5.50. The second-order valence-corrected chi connectivity index (χ2v) is 4.05. The Hall–Kier alpha value is -0.870. The Balaban J connectivity index is 3.62. The summed E-state index contributed by atoms with van der Waals surface area (Å²) < 4.78 is 35.2. The second-order valence-electron chi connectivity index (χ2n) is 2.89. The first kappa shape index (κ1) is 15.1. The Morgan fingerprint density at radius 2 is 2.19 bits per heavy atom. The number of hydrogen-bond acceptors (Lipinski definition) is 3. The molecule has 0 heterocycles. The van der Waals surface area contributed by atoms with Crippen molar-refractivity contribution in [2.24, 2.45) is 0 Å². The van der Waals surface area contributed by atoms with Gasteiger partial charge in [0.1, 0.15) is 0 Å². The lowest BCUT2D eigenvalue weighted by molar-refractivity contribution is -0.122. The van der Waals surface area contributed by atoms with Crippen LogP contribution in [-0.2, 0) is 4.79 Å². The molecule has 1 unspecified atom stereocenters. The number of rotatable bonds is 6. The monoisotopic (exact) mass is 254 g/mol. The minimum absolute atomic E-state index is 0.106. The molecule has 0 fully saturated rings. The summed E-state index contributed by atoms with van der Waals surface area (Å²) >= 11 is -0.121. The highest BCUT2D eigenvalue weighted by Gasteiger charge is 2.27. The number of halogens is 3. The van der Waals surface area contributed by atoms with Crippen LogP contribution < -0.4 is 10.6 Å². The van der Waals surface area contributed by atoms with Crippen LogP contribution in [0.15, 0.2) is 0 Å². The summed E-state index contributed by atoms with van der Waals surface area (Å²) in [5.41, 5.74) is -4.23. The first-order chi connectivity index (χ1) is 7.37. The molecule has 7 heteroatoms. The zero-order chi connectivity index (χ0) is 12.6. The average Bonchev–Trinajstić information content (AvgIpc) is 2.19. The summed E-state index contributed by atoms with van der Waals surface area (Å²) in [6.45, 7) is 1.78. The highest BCUT2D eigenvalue weighted by molar-refractivity contribution is 8.00. The zero-order valence-electron chi connectivity index (χ0n) is 8.73. The fraction of sp³-hybridized carbons (Fsp3) is 0.667. The van der Waals surface area contributed by atoms with Crippen molar-refractivity contribution in [2.75, 3.05) is 18.8 Å². The van der Waals surface area contributed by atoms with Gasteiger partial charge in [-0.25, -0.2) is 0 Å². The van der Waals surface area contributed by atoms with Gasteiger partial charge in [-0.05, 0) is 18.7 Å². The van der Waals surface area contributed by atoms with E-state index in [1.807, 2.05) is 0 Å². The summed E-state index contributed by atoms with van der Waals surface area (Å²) in [7, 11) is 0. The van der Waals surface area contributed by atoms with E-state index in [0.717, 1.165) is 0 Å². The summed E-state index contributed by atoms with van der Waals surface area (Å²) in [4.78, 5) is 11.2. The predicted octanol–water partition coefficient (Wildman–Crippen LogP) is 0.967. The van der Waals surface area contributed by atoms with E-state index >= 15 is 0 Å². The molecule has 0 aromatic carbocycles. The van der Waals surface area contributed by atoms with Gasteiger partial charge in [0.05, 0.1) is 12.6 Å². The van der Waals surface area contributed by atoms with E-state index in [2.05, 4.69) is 16.6 Å². The summed E-state index contributed by atoms with van der Waals surface area (Å²) in [5.74, 6) is 1.78. The smallest absolute Gasteiger partial charge is 0.344 e. The van der Waals surface area contributed by atoms with Gasteiger partial charge >= 0.3 is 5.51 Å². The van der Waals surface area contributed by atoms with Crippen molar-refractivity contribution in [1.29, 1.82) is 0 Å². The van der Waals surface area contributed by atoms with Crippen LogP contribution in [0.3, 0.4) is 0 Å². The van der Waals surface area contributed by atoms with Gasteiger partial charge in [-0.3, -0.25) is 4.79 Å². The van der Waals surface area contributed by atoms with Gasteiger partial charge in [-0.2, -0.15) is 13.2 Å². The minimum atomic E-state index is -4.23. The van der Waals surface area contributed by atoms with E-state index in [-0.39, 0.29) is 36.5 Å². The lowest BCUT2D eigenvalue weighted by Gasteiger charge is -2.13. The van der Waals surface area contributed by atoms with Gasteiger partial charge in [-0.15, -0.1) is 6.42 Å². The van der Waals surface area contributed by atoms with Crippen molar-refractivity contribution in [2.45, 2.75) is 18.5 Å². The topological polar surface area (TPSA) is 41.1 Å². The molecule has 1 atom stereocenters. The number of thioether (sulfide) groups is 1. The molecule has 0 aromatic heterocycles. The van der Waals surface area contributed by atoms with Crippen LogP contribution in [0.1, 0.15) is 6.92 Å². The van der Waals surface area contributed by atoms with E-state index < -0.39 is 11.6 Å². The lowest BCUT2D eigenvalue weighted by Crippen LogP contribution is -2.43. The Bertz CT molecular complexity index is 262. The van der Waals surface area contributed by atoms with Gasteiger partial charge in [0, 0.05) is 12.3 Å². The van der Waals surface area contributed by atoms with Crippen molar-refractivity contribution in [3.63, 3.8) is 0 Å². The lowest BCUT2D eigenvalue weighted by atomic mass is 10.3. The molecule has 0 aliphatic carbocycles. The summed E-state index contributed by atoms with van der Waals surface area (Å²) in [6, 6.07) is -0.554. The molecule has 0 spiro atoms. The van der Waals surface area contributed by atoms with Gasteiger partial charge in [0.25, 0.3) is 0 Å². The third-order valence-electron chi connectivity index (χ3n) is 1.58.